The monoisotopic (exact) mass is 364 g/mol. The van der Waals surface area contributed by atoms with Crippen LogP contribution in [0.4, 0.5) is 10.1 Å². The molecule has 1 N–H and O–H groups in total. The number of hydrogen-bond donors (Lipinski definition) is 1. The maximum atomic E-state index is 13.7. The van der Waals surface area contributed by atoms with E-state index in [4.69, 9.17) is 0 Å². The van der Waals surface area contributed by atoms with Crippen molar-refractivity contribution in [3.63, 3.8) is 0 Å². The van der Waals surface area contributed by atoms with Crippen LogP contribution in [0.2, 0.25) is 0 Å². The lowest BCUT2D eigenvalue weighted by molar-refractivity contribution is 0.0784. The normalized spacial score (nSPS) is 11.2. The predicted octanol–water partition coefficient (Wildman–Crippen LogP) is 3.25. The Morgan fingerprint density at radius 1 is 1.16 bits per heavy atom. The average molecular weight is 364 g/mol. The zero-order valence-corrected chi connectivity index (χ0v) is 15.0. The van der Waals surface area contributed by atoms with Crippen LogP contribution in [0.25, 0.3) is 0 Å². The van der Waals surface area contributed by atoms with E-state index in [9.17, 15) is 17.6 Å². The number of sulfonamides is 1. The van der Waals surface area contributed by atoms with Gasteiger partial charge in [0.05, 0.1) is 5.75 Å². The lowest BCUT2D eigenvalue weighted by Gasteiger charge is -2.18. The molecule has 0 aliphatic heterocycles. The quantitative estimate of drug-likeness (QED) is 0.820. The summed E-state index contributed by atoms with van der Waals surface area (Å²) in [5.74, 6) is -0.679. The molecule has 0 radical (unpaired) electrons. The Bertz CT molecular complexity index is 853. The van der Waals surface area contributed by atoms with Crippen LogP contribution in [-0.4, -0.2) is 32.0 Å². The molecule has 25 heavy (non-hydrogen) atoms. The van der Waals surface area contributed by atoms with E-state index in [1.165, 1.54) is 17.0 Å². The van der Waals surface area contributed by atoms with Crippen molar-refractivity contribution in [1.29, 1.82) is 0 Å². The number of carbonyl (C=O) groups is 1. The van der Waals surface area contributed by atoms with Crippen molar-refractivity contribution in [2.75, 3.05) is 17.5 Å². The van der Waals surface area contributed by atoms with E-state index >= 15 is 0 Å². The Kier molecular flexibility index (Phi) is 6.14. The van der Waals surface area contributed by atoms with E-state index in [1.807, 2.05) is 0 Å². The van der Waals surface area contributed by atoms with Gasteiger partial charge in [0.15, 0.2) is 0 Å². The highest BCUT2D eigenvalue weighted by Crippen LogP contribution is 2.16. The standard InChI is InChI=1S/C18H21FN2O3S/c1-3-11-25(23,24)20-16-9-6-8-14(12-16)18(22)21(2)13-15-7-4-5-10-17(15)19/h4-10,12,20H,3,11,13H2,1-2H3. The minimum Gasteiger partial charge on any atom is -0.337 e. The summed E-state index contributed by atoms with van der Waals surface area (Å²) in [4.78, 5) is 13.9. The molecular weight excluding hydrogens is 343 g/mol. The minimum atomic E-state index is -3.43. The third kappa shape index (κ3) is 5.29. The molecule has 2 rings (SSSR count). The summed E-state index contributed by atoms with van der Waals surface area (Å²) in [6, 6.07) is 12.5. The second-order valence-corrected chi connectivity index (χ2v) is 7.60. The van der Waals surface area contributed by atoms with Gasteiger partial charge in [-0.05, 0) is 30.7 Å². The maximum absolute atomic E-state index is 13.7. The summed E-state index contributed by atoms with van der Waals surface area (Å²) in [5.41, 5.74) is 1.08. The number of rotatable bonds is 7. The Labute approximate surface area is 147 Å². The van der Waals surface area contributed by atoms with Crippen LogP contribution >= 0.6 is 0 Å². The third-order valence-corrected chi connectivity index (χ3v) is 5.06. The molecule has 0 heterocycles. The first-order chi connectivity index (χ1) is 11.8. The van der Waals surface area contributed by atoms with Gasteiger partial charge in [0.1, 0.15) is 5.82 Å². The highest BCUT2D eigenvalue weighted by molar-refractivity contribution is 7.92. The van der Waals surface area contributed by atoms with Gasteiger partial charge >= 0.3 is 0 Å². The van der Waals surface area contributed by atoms with Crippen molar-refractivity contribution in [2.24, 2.45) is 0 Å². The molecule has 0 aromatic heterocycles. The van der Waals surface area contributed by atoms with Gasteiger partial charge in [-0.25, -0.2) is 12.8 Å². The Balaban J connectivity index is 2.14. The predicted molar refractivity (Wildman–Crippen MR) is 96.3 cm³/mol. The summed E-state index contributed by atoms with van der Waals surface area (Å²) in [6.45, 7) is 1.90. The van der Waals surface area contributed by atoms with E-state index in [0.29, 0.717) is 23.2 Å². The summed E-state index contributed by atoms with van der Waals surface area (Å²) >= 11 is 0. The first-order valence-corrected chi connectivity index (χ1v) is 9.57. The van der Waals surface area contributed by atoms with Crippen LogP contribution in [0.5, 0.6) is 0 Å². The van der Waals surface area contributed by atoms with E-state index in [-0.39, 0.29) is 24.0 Å². The molecule has 0 saturated carbocycles. The highest BCUT2D eigenvalue weighted by Gasteiger charge is 2.15. The van der Waals surface area contributed by atoms with Gasteiger partial charge < -0.3 is 4.90 Å². The van der Waals surface area contributed by atoms with Crippen LogP contribution in [0.1, 0.15) is 29.3 Å². The molecule has 0 saturated heterocycles. The van der Waals surface area contributed by atoms with Crippen LogP contribution in [-0.2, 0) is 16.6 Å². The molecule has 0 unspecified atom stereocenters. The van der Waals surface area contributed by atoms with Gasteiger partial charge in [-0.1, -0.05) is 31.2 Å². The number of hydrogen-bond acceptors (Lipinski definition) is 3. The Morgan fingerprint density at radius 2 is 1.88 bits per heavy atom. The zero-order valence-electron chi connectivity index (χ0n) is 14.2. The number of amides is 1. The summed E-state index contributed by atoms with van der Waals surface area (Å²) < 4.78 is 39.9. The van der Waals surface area contributed by atoms with Crippen molar-refractivity contribution >= 4 is 21.6 Å². The van der Waals surface area contributed by atoms with Gasteiger partial charge in [-0.3, -0.25) is 9.52 Å². The first-order valence-electron chi connectivity index (χ1n) is 7.92. The van der Waals surface area contributed by atoms with Crippen LogP contribution in [0.15, 0.2) is 48.5 Å². The minimum absolute atomic E-state index is 0.0123. The molecule has 0 spiro atoms. The lowest BCUT2D eigenvalue weighted by Crippen LogP contribution is -2.26. The average Bonchev–Trinajstić information content (AvgIpc) is 2.56. The van der Waals surface area contributed by atoms with Gasteiger partial charge in [0.25, 0.3) is 5.91 Å². The fourth-order valence-electron chi connectivity index (χ4n) is 2.39. The Hall–Kier alpha value is -2.41. The number of halogens is 1. The largest absolute Gasteiger partial charge is 0.337 e. The Morgan fingerprint density at radius 3 is 2.56 bits per heavy atom. The molecule has 0 atom stereocenters. The van der Waals surface area contributed by atoms with Crippen LogP contribution in [0.3, 0.4) is 0 Å². The molecule has 2 aromatic carbocycles. The number of nitrogens with zero attached hydrogens (tertiary/aromatic N) is 1. The van der Waals surface area contributed by atoms with Gasteiger partial charge in [-0.2, -0.15) is 0 Å². The lowest BCUT2D eigenvalue weighted by atomic mass is 10.1. The van der Waals surface area contributed by atoms with E-state index in [1.54, 1.807) is 50.4 Å². The van der Waals surface area contributed by atoms with Gasteiger partial charge in [0, 0.05) is 30.4 Å². The van der Waals surface area contributed by atoms with Gasteiger partial charge in [-0.15, -0.1) is 0 Å². The topological polar surface area (TPSA) is 66.5 Å². The molecule has 0 bridgehead atoms. The molecule has 0 aliphatic carbocycles. The molecular formula is C18H21FN2O3S. The van der Waals surface area contributed by atoms with Gasteiger partial charge in [0.2, 0.25) is 10.0 Å². The molecule has 0 aliphatic rings. The number of benzene rings is 2. The van der Waals surface area contributed by atoms with Crippen molar-refractivity contribution < 1.29 is 17.6 Å². The summed E-state index contributed by atoms with van der Waals surface area (Å²) in [6.07, 6.45) is 0.499. The van der Waals surface area contributed by atoms with Crippen molar-refractivity contribution in [1.82, 2.24) is 4.90 Å². The van der Waals surface area contributed by atoms with Crippen molar-refractivity contribution in [3.05, 3.63) is 65.5 Å². The number of nitrogens with one attached hydrogen (secondary N) is 1. The summed E-state index contributed by atoms with van der Waals surface area (Å²) in [5, 5.41) is 0. The second kappa shape index (κ2) is 8.11. The molecule has 7 heteroatoms. The highest BCUT2D eigenvalue weighted by atomic mass is 32.2. The first kappa shape index (κ1) is 18.9. The van der Waals surface area contributed by atoms with E-state index in [2.05, 4.69) is 4.72 Å². The van der Waals surface area contributed by atoms with Crippen molar-refractivity contribution in [2.45, 2.75) is 19.9 Å². The van der Waals surface area contributed by atoms with E-state index in [0.717, 1.165) is 0 Å². The smallest absolute Gasteiger partial charge is 0.253 e. The molecule has 5 nitrogen and oxygen atoms in total. The fraction of sp³-hybridized carbons (Fsp3) is 0.278. The fourth-order valence-corrected chi connectivity index (χ4v) is 3.51. The molecule has 134 valence electrons. The molecule has 2 aromatic rings. The third-order valence-electron chi connectivity index (χ3n) is 3.57. The SMILES string of the molecule is CCCS(=O)(=O)Nc1cccc(C(=O)N(C)Cc2ccccc2F)c1. The zero-order chi connectivity index (χ0) is 18.4. The molecule has 0 fully saturated rings. The number of anilines is 1. The van der Waals surface area contributed by atoms with Crippen LogP contribution in [0, 0.1) is 5.82 Å². The van der Waals surface area contributed by atoms with Crippen LogP contribution < -0.4 is 4.72 Å². The second-order valence-electron chi connectivity index (χ2n) is 5.75. The van der Waals surface area contributed by atoms with Crippen molar-refractivity contribution in [3.8, 4) is 0 Å². The number of carbonyl (C=O) groups excluding carboxylic acids is 1. The molecule has 1 amide bonds. The summed E-state index contributed by atoms with van der Waals surface area (Å²) in [7, 11) is -1.85. The van der Waals surface area contributed by atoms with E-state index < -0.39 is 10.0 Å². The maximum Gasteiger partial charge on any atom is 0.253 e.